The topological polar surface area (TPSA) is 129 Å². The number of likely N-dealkylation sites (N-methyl/N-ethyl adjacent to an activating group) is 1. The Kier molecular flexibility index (Phi) is 11.6. The Morgan fingerprint density at radius 2 is 1.32 bits per heavy atom. The van der Waals surface area contributed by atoms with Gasteiger partial charge in [-0.1, -0.05) is 109 Å². The first-order chi connectivity index (χ1) is 29.4. The molecule has 4 unspecified atom stereocenters. The summed E-state index contributed by atoms with van der Waals surface area (Å²) in [5.74, 6) is 1.73. The van der Waals surface area contributed by atoms with Crippen molar-refractivity contribution in [1.29, 1.82) is 0 Å². The van der Waals surface area contributed by atoms with E-state index in [0.29, 0.717) is 32.2 Å². The normalized spacial score (nSPS) is 20.1. The van der Waals surface area contributed by atoms with Gasteiger partial charge in [0.2, 0.25) is 5.91 Å². The minimum absolute atomic E-state index is 0.0953. The number of rotatable bonds is 11. The molecule has 0 saturated carbocycles. The van der Waals surface area contributed by atoms with Gasteiger partial charge in [-0.25, -0.2) is 14.8 Å². The number of likely N-dealkylation sites (tertiary alicyclic amines) is 1. The molecule has 0 radical (unpaired) electrons. The molecule has 4 atom stereocenters. The number of H-pyrrole nitrogens is 2. The average molecular weight is 806 g/mol. The second kappa shape index (κ2) is 17.6. The highest BCUT2D eigenvalue weighted by Crippen LogP contribution is 2.38. The molecule has 3 aliphatic rings. The molecule has 60 heavy (non-hydrogen) atoms. The van der Waals surface area contributed by atoms with Crippen LogP contribution >= 0.6 is 0 Å². The van der Waals surface area contributed by atoms with Gasteiger partial charge in [0.05, 0.1) is 36.4 Å². The summed E-state index contributed by atoms with van der Waals surface area (Å²) in [6.07, 6.45) is 6.31. The number of ether oxygens (including phenoxy) is 3. The Labute approximate surface area is 350 Å². The number of nitrogens with one attached hydrogen (secondary N) is 2. The van der Waals surface area contributed by atoms with Crippen LogP contribution in [0.1, 0.15) is 66.6 Å². The van der Waals surface area contributed by atoms with Gasteiger partial charge in [-0.15, -0.1) is 0 Å². The van der Waals surface area contributed by atoms with E-state index in [1.54, 1.807) is 4.90 Å². The third-order valence-corrected chi connectivity index (χ3v) is 12.1. The lowest BCUT2D eigenvalue weighted by Crippen LogP contribution is -2.44. The molecule has 4 aromatic carbocycles. The number of carbonyl (C=O) groups excluding carboxylic acids is 2. The maximum Gasteiger partial charge on any atom is 0.412 e. The van der Waals surface area contributed by atoms with Gasteiger partial charge in [-0.2, -0.15) is 0 Å². The van der Waals surface area contributed by atoms with Crippen molar-refractivity contribution in [2.45, 2.75) is 56.6 Å². The van der Waals surface area contributed by atoms with Gasteiger partial charge in [-0.3, -0.25) is 14.6 Å². The quantitative estimate of drug-likeness (QED) is 0.133. The van der Waals surface area contributed by atoms with Crippen LogP contribution in [0.4, 0.5) is 4.79 Å². The lowest BCUT2D eigenvalue weighted by Gasteiger charge is -2.33. The molecule has 0 bridgehead atoms. The fourth-order valence-electron chi connectivity index (χ4n) is 8.89. The fourth-order valence-corrected chi connectivity index (χ4v) is 8.89. The molecule has 9 rings (SSSR count). The minimum atomic E-state index is -0.413. The molecular weight excluding hydrogens is 755 g/mol. The lowest BCUT2D eigenvalue weighted by atomic mass is 9.97. The number of amides is 2. The van der Waals surface area contributed by atoms with Gasteiger partial charge in [0.1, 0.15) is 36.6 Å². The SMILES string of the molecule is CN(C)C(C(=O)N1CCCC1c1ncc(-c2ccc(-c3ccc(-c4cnc(C5COC(C6CCOCC6)N5C(=O)OCc5ccccc5)[nH]4)cc3)cc2)[nH]1)c1ccccc1. The van der Waals surface area contributed by atoms with Gasteiger partial charge < -0.3 is 29.1 Å². The summed E-state index contributed by atoms with van der Waals surface area (Å²) in [6.45, 7) is 2.52. The Morgan fingerprint density at radius 3 is 1.92 bits per heavy atom. The summed E-state index contributed by atoms with van der Waals surface area (Å²) in [7, 11) is 3.91. The van der Waals surface area contributed by atoms with Gasteiger partial charge in [0.25, 0.3) is 0 Å². The van der Waals surface area contributed by atoms with Crippen LogP contribution in [-0.2, 0) is 25.6 Å². The molecule has 3 fully saturated rings. The molecule has 12 heteroatoms. The smallest absolute Gasteiger partial charge is 0.412 e. The third-order valence-electron chi connectivity index (χ3n) is 12.1. The van der Waals surface area contributed by atoms with Crippen LogP contribution in [0, 0.1) is 5.92 Å². The summed E-state index contributed by atoms with van der Waals surface area (Å²) < 4.78 is 17.8. The van der Waals surface area contributed by atoms with Crippen molar-refractivity contribution < 1.29 is 23.8 Å². The average Bonchev–Trinajstić information content (AvgIpc) is 4.14. The van der Waals surface area contributed by atoms with E-state index in [0.717, 1.165) is 76.3 Å². The molecule has 12 nitrogen and oxygen atoms in total. The summed E-state index contributed by atoms with van der Waals surface area (Å²) in [6, 6.07) is 35.6. The highest BCUT2D eigenvalue weighted by molar-refractivity contribution is 5.84. The maximum absolute atomic E-state index is 13.9. The molecule has 6 aromatic rings. The van der Waals surface area contributed by atoms with Crippen LogP contribution in [0.2, 0.25) is 0 Å². The van der Waals surface area contributed by atoms with E-state index in [1.807, 2.05) is 97.0 Å². The fraction of sp³-hybridized carbons (Fsp3) is 0.333. The summed E-state index contributed by atoms with van der Waals surface area (Å²) in [4.78, 5) is 49.9. The van der Waals surface area contributed by atoms with Gasteiger partial charge in [0.15, 0.2) is 0 Å². The molecule has 5 heterocycles. The Morgan fingerprint density at radius 1 is 0.750 bits per heavy atom. The van der Waals surface area contributed by atoms with Crippen LogP contribution in [-0.4, -0.2) is 93.3 Å². The van der Waals surface area contributed by atoms with Crippen LogP contribution < -0.4 is 0 Å². The first kappa shape index (κ1) is 39.4. The Balaban J connectivity index is 0.864. The number of carbonyl (C=O) groups is 2. The summed E-state index contributed by atoms with van der Waals surface area (Å²) in [5.41, 5.74) is 7.87. The van der Waals surface area contributed by atoms with E-state index in [-0.39, 0.29) is 30.5 Å². The molecule has 308 valence electrons. The zero-order valence-electron chi connectivity index (χ0n) is 34.1. The first-order valence-corrected chi connectivity index (χ1v) is 20.9. The molecule has 0 spiro atoms. The van der Waals surface area contributed by atoms with E-state index in [9.17, 15) is 9.59 Å². The maximum atomic E-state index is 13.9. The van der Waals surface area contributed by atoms with E-state index in [2.05, 4.69) is 58.5 Å². The first-order valence-electron chi connectivity index (χ1n) is 20.9. The number of hydrogen-bond donors (Lipinski definition) is 2. The van der Waals surface area contributed by atoms with Crippen molar-refractivity contribution in [2.24, 2.45) is 5.92 Å². The highest BCUT2D eigenvalue weighted by atomic mass is 16.6. The largest absolute Gasteiger partial charge is 0.444 e. The summed E-state index contributed by atoms with van der Waals surface area (Å²) in [5, 5.41) is 0. The number of aromatic nitrogens is 4. The molecule has 3 aliphatic heterocycles. The molecular formula is C48H51N7O5. The zero-order chi connectivity index (χ0) is 41.0. The Bertz CT molecular complexity index is 2360. The van der Waals surface area contributed by atoms with Crippen molar-refractivity contribution in [2.75, 3.05) is 40.5 Å². The van der Waals surface area contributed by atoms with Gasteiger partial charge in [-0.05, 0) is 73.2 Å². The van der Waals surface area contributed by atoms with Crippen LogP contribution in [0.25, 0.3) is 33.6 Å². The van der Waals surface area contributed by atoms with E-state index in [4.69, 9.17) is 24.2 Å². The summed E-state index contributed by atoms with van der Waals surface area (Å²) >= 11 is 0. The second-order valence-corrected chi connectivity index (χ2v) is 16.1. The van der Waals surface area contributed by atoms with Crippen LogP contribution in [0.15, 0.2) is 122 Å². The monoisotopic (exact) mass is 805 g/mol. The van der Waals surface area contributed by atoms with E-state index >= 15 is 0 Å². The number of benzene rings is 4. The predicted octanol–water partition coefficient (Wildman–Crippen LogP) is 8.56. The zero-order valence-corrected chi connectivity index (χ0v) is 34.1. The van der Waals surface area contributed by atoms with Crippen molar-refractivity contribution >= 4 is 12.0 Å². The van der Waals surface area contributed by atoms with Gasteiger partial charge in [0, 0.05) is 25.7 Å². The predicted molar refractivity (Wildman–Crippen MR) is 228 cm³/mol. The minimum Gasteiger partial charge on any atom is -0.444 e. The van der Waals surface area contributed by atoms with Crippen LogP contribution in [0.5, 0.6) is 0 Å². The standard InChI is InChI=1S/C48H51N7O5/c1-53(2)43(37-12-7-4-8-13-37)46(56)54-25-9-14-41(54)44-49-28-39(51-44)35-19-15-33(16-20-35)34-17-21-36(22-18-34)40-29-50-45(52-40)42-31-59-47(38-23-26-58-27-24-38)55(42)48(57)60-30-32-10-5-3-6-11-32/h3-8,10-13,15-22,28-29,38,41-43,47H,9,14,23-27,30-31H2,1-2H3,(H,49,51)(H,50,52). The number of aromatic amines is 2. The molecule has 2 aromatic heterocycles. The molecule has 3 saturated heterocycles. The molecule has 2 amide bonds. The molecule has 0 aliphatic carbocycles. The van der Waals surface area contributed by atoms with E-state index in [1.165, 1.54) is 0 Å². The molecule has 2 N–H and O–H groups in total. The van der Waals surface area contributed by atoms with Crippen molar-refractivity contribution in [3.8, 4) is 33.6 Å². The Hall–Kier alpha value is -6.08. The number of hydrogen-bond acceptors (Lipinski definition) is 8. The number of imidazole rings is 2. The highest BCUT2D eigenvalue weighted by Gasteiger charge is 2.45. The second-order valence-electron chi connectivity index (χ2n) is 16.1. The van der Waals surface area contributed by atoms with Gasteiger partial charge >= 0.3 is 6.09 Å². The lowest BCUT2D eigenvalue weighted by molar-refractivity contribution is -0.137. The van der Waals surface area contributed by atoms with Crippen molar-refractivity contribution in [1.82, 2.24) is 34.6 Å². The van der Waals surface area contributed by atoms with Crippen LogP contribution in [0.3, 0.4) is 0 Å². The number of nitrogens with zero attached hydrogens (tertiary/aromatic N) is 5. The van der Waals surface area contributed by atoms with Crippen molar-refractivity contribution in [3.63, 3.8) is 0 Å². The van der Waals surface area contributed by atoms with E-state index < -0.39 is 18.4 Å². The third kappa shape index (κ3) is 8.23. The van der Waals surface area contributed by atoms with Crippen molar-refractivity contribution in [3.05, 3.63) is 144 Å².